The lowest BCUT2D eigenvalue weighted by Crippen LogP contribution is -2.40. The molecule has 4 rings (SSSR count). The highest BCUT2D eigenvalue weighted by Crippen LogP contribution is 2.37. The Balaban J connectivity index is 1.50. The topological polar surface area (TPSA) is 106 Å². The van der Waals surface area contributed by atoms with Crippen LogP contribution in [0.2, 0.25) is 10.0 Å². The number of halogens is 2. The summed E-state index contributed by atoms with van der Waals surface area (Å²) in [6.45, 7) is 5.34. The van der Waals surface area contributed by atoms with Gasteiger partial charge in [0.1, 0.15) is 22.6 Å². The number of anilines is 1. The summed E-state index contributed by atoms with van der Waals surface area (Å²) in [6, 6.07) is 0. The van der Waals surface area contributed by atoms with Crippen LogP contribution >= 0.6 is 34.5 Å². The molecule has 0 saturated carbocycles. The molecule has 1 saturated heterocycles. The number of Topliss-reactive ketones (excluding diaryl/α,β-unsaturated/α-hetero) is 1. The maximum absolute atomic E-state index is 12.9. The van der Waals surface area contributed by atoms with E-state index in [0.29, 0.717) is 57.3 Å². The molecular formula is C21H24Cl2N6O3S. The molecule has 0 aliphatic carbocycles. The first-order chi connectivity index (χ1) is 15.7. The van der Waals surface area contributed by atoms with Gasteiger partial charge in [-0.25, -0.2) is 19.4 Å². The first kappa shape index (κ1) is 23.7. The number of H-pyrrole nitrogens is 1. The third kappa shape index (κ3) is 4.51. The van der Waals surface area contributed by atoms with Crippen molar-refractivity contribution in [2.24, 2.45) is 18.9 Å². The van der Waals surface area contributed by atoms with E-state index < -0.39 is 5.97 Å². The molecule has 0 bridgehead atoms. The molecule has 4 heterocycles. The van der Waals surface area contributed by atoms with Crippen LogP contribution in [0.5, 0.6) is 0 Å². The summed E-state index contributed by atoms with van der Waals surface area (Å²) >= 11 is 13.6. The van der Waals surface area contributed by atoms with Crippen LogP contribution in [-0.4, -0.2) is 56.7 Å². The van der Waals surface area contributed by atoms with Gasteiger partial charge in [-0.15, -0.1) is 0 Å². The molecule has 1 fully saturated rings. The molecule has 0 radical (unpaired) electrons. The van der Waals surface area contributed by atoms with Crippen LogP contribution in [-0.2, 0) is 11.8 Å². The number of aromatic nitrogens is 5. The van der Waals surface area contributed by atoms with Crippen molar-refractivity contribution >= 4 is 51.4 Å². The SMILES string of the molecule is COC(=O)c1sc(N2CC[C@@H](CC(=O)c3[nH]c(C)c(Cl)c3Cl)[C@@H](C)C2)nc1-c1ncnn1C. The number of esters is 1. The number of methoxy groups -OCH3 is 1. The molecule has 3 aromatic rings. The number of rotatable bonds is 6. The van der Waals surface area contributed by atoms with E-state index >= 15 is 0 Å². The predicted octanol–water partition coefficient (Wildman–Crippen LogP) is 4.40. The van der Waals surface area contributed by atoms with E-state index in [-0.39, 0.29) is 17.6 Å². The highest BCUT2D eigenvalue weighted by Gasteiger charge is 2.32. The van der Waals surface area contributed by atoms with Crippen molar-refractivity contribution in [3.05, 3.63) is 32.6 Å². The standard InChI is InChI=1S/C21H24Cl2N6O3S/c1-10-8-29(6-5-12(10)7-13(30)16-15(23)14(22)11(2)26-16)21-27-17(18(33-21)20(31)32-4)19-24-9-25-28(19)3/h9-10,12,26H,5-8H2,1-4H3/t10-,12-/m0/s1. The maximum Gasteiger partial charge on any atom is 0.350 e. The summed E-state index contributed by atoms with van der Waals surface area (Å²) in [6.07, 6.45) is 2.62. The van der Waals surface area contributed by atoms with Crippen LogP contribution in [0.15, 0.2) is 6.33 Å². The number of aryl methyl sites for hydroxylation is 2. The molecule has 1 aliphatic rings. The molecule has 0 aromatic carbocycles. The highest BCUT2D eigenvalue weighted by molar-refractivity contribution is 7.17. The second-order valence-corrected chi connectivity index (χ2v) is 9.96. The fourth-order valence-electron chi connectivity index (χ4n) is 4.11. The van der Waals surface area contributed by atoms with Crippen molar-refractivity contribution in [3.63, 3.8) is 0 Å². The van der Waals surface area contributed by atoms with Crippen LogP contribution in [0.25, 0.3) is 11.5 Å². The minimum absolute atomic E-state index is 0.0351. The minimum atomic E-state index is -0.456. The monoisotopic (exact) mass is 510 g/mol. The number of nitrogens with one attached hydrogen (secondary N) is 1. The molecule has 9 nitrogen and oxygen atoms in total. The van der Waals surface area contributed by atoms with Crippen molar-refractivity contribution in [1.29, 1.82) is 0 Å². The number of thiazole rings is 1. The van der Waals surface area contributed by atoms with Crippen LogP contribution in [0.1, 0.15) is 45.6 Å². The first-order valence-electron chi connectivity index (χ1n) is 10.5. The second-order valence-electron chi connectivity index (χ2n) is 8.23. The van der Waals surface area contributed by atoms with Gasteiger partial charge in [0.25, 0.3) is 0 Å². The molecule has 12 heteroatoms. The van der Waals surface area contributed by atoms with E-state index in [1.807, 2.05) is 0 Å². The van der Waals surface area contributed by atoms with E-state index in [4.69, 9.17) is 32.9 Å². The molecule has 1 N–H and O–H groups in total. The molecule has 176 valence electrons. The Morgan fingerprint density at radius 2 is 2.09 bits per heavy atom. The fraction of sp³-hybridized carbons (Fsp3) is 0.476. The first-order valence-corrected chi connectivity index (χ1v) is 12.0. The predicted molar refractivity (Wildman–Crippen MR) is 127 cm³/mol. The normalized spacial score (nSPS) is 18.5. The Bertz CT molecular complexity index is 1200. The Labute approximate surface area is 205 Å². The molecule has 0 spiro atoms. The number of ether oxygens (including phenoxy) is 1. The maximum atomic E-state index is 12.9. The quantitative estimate of drug-likeness (QED) is 0.386. The van der Waals surface area contributed by atoms with E-state index in [9.17, 15) is 9.59 Å². The van der Waals surface area contributed by atoms with Crippen molar-refractivity contribution in [2.45, 2.75) is 26.7 Å². The molecule has 3 aromatic heterocycles. The Morgan fingerprint density at radius 1 is 1.33 bits per heavy atom. The van der Waals surface area contributed by atoms with Crippen LogP contribution in [0.3, 0.4) is 0 Å². The molecule has 1 aliphatic heterocycles. The largest absolute Gasteiger partial charge is 0.465 e. The Morgan fingerprint density at radius 3 is 2.67 bits per heavy atom. The van der Waals surface area contributed by atoms with Gasteiger partial charge in [-0.3, -0.25) is 4.79 Å². The Kier molecular flexibility index (Phi) is 6.78. The van der Waals surface area contributed by atoms with Crippen LogP contribution in [0.4, 0.5) is 5.13 Å². The number of aromatic amines is 1. The number of ketones is 1. The third-order valence-corrected chi connectivity index (χ3v) is 8.09. The van der Waals surface area contributed by atoms with Gasteiger partial charge in [0, 0.05) is 32.3 Å². The van der Waals surface area contributed by atoms with Gasteiger partial charge < -0.3 is 14.6 Å². The zero-order valence-electron chi connectivity index (χ0n) is 18.7. The smallest absolute Gasteiger partial charge is 0.350 e. The van der Waals surface area contributed by atoms with Gasteiger partial charge >= 0.3 is 5.97 Å². The van der Waals surface area contributed by atoms with Gasteiger partial charge in [0.2, 0.25) is 0 Å². The lowest BCUT2D eigenvalue weighted by atomic mass is 9.83. The van der Waals surface area contributed by atoms with Gasteiger partial charge in [-0.05, 0) is 25.2 Å². The fourth-order valence-corrected chi connectivity index (χ4v) is 5.56. The van der Waals surface area contributed by atoms with Crippen molar-refractivity contribution in [3.8, 4) is 11.5 Å². The van der Waals surface area contributed by atoms with E-state index in [1.54, 1.807) is 18.7 Å². The van der Waals surface area contributed by atoms with Crippen LogP contribution in [0, 0.1) is 18.8 Å². The summed E-state index contributed by atoms with van der Waals surface area (Å²) in [7, 11) is 3.09. The summed E-state index contributed by atoms with van der Waals surface area (Å²) in [5, 5.41) is 5.49. The van der Waals surface area contributed by atoms with E-state index in [2.05, 4.69) is 26.9 Å². The zero-order chi connectivity index (χ0) is 23.9. The molecule has 2 atom stereocenters. The molecule has 0 unspecified atom stereocenters. The summed E-state index contributed by atoms with van der Waals surface area (Å²) < 4.78 is 6.53. The van der Waals surface area contributed by atoms with Gasteiger partial charge in [-0.1, -0.05) is 41.5 Å². The number of hydrogen-bond acceptors (Lipinski definition) is 8. The molecule has 33 heavy (non-hydrogen) atoms. The van der Waals surface area contributed by atoms with Crippen molar-refractivity contribution < 1.29 is 14.3 Å². The van der Waals surface area contributed by atoms with E-state index in [0.717, 1.165) is 11.6 Å². The second kappa shape index (κ2) is 9.44. The van der Waals surface area contributed by atoms with Crippen LogP contribution < -0.4 is 4.90 Å². The average molecular weight is 511 g/mol. The summed E-state index contributed by atoms with van der Waals surface area (Å²) in [5.74, 6) is 0.444. The highest BCUT2D eigenvalue weighted by atomic mass is 35.5. The van der Waals surface area contributed by atoms with E-state index in [1.165, 1.54) is 24.8 Å². The number of hydrogen-bond donors (Lipinski definition) is 1. The molecule has 0 amide bonds. The van der Waals surface area contributed by atoms with Crippen molar-refractivity contribution in [2.75, 3.05) is 25.1 Å². The average Bonchev–Trinajstić information content (AvgIpc) is 3.48. The number of carbonyl (C=O) groups excluding carboxylic acids is 2. The Hall–Kier alpha value is -2.43. The van der Waals surface area contributed by atoms with Crippen molar-refractivity contribution in [1.82, 2.24) is 24.7 Å². The minimum Gasteiger partial charge on any atom is -0.465 e. The lowest BCUT2D eigenvalue weighted by molar-refractivity contribution is 0.0606. The van der Waals surface area contributed by atoms with Gasteiger partial charge in [0.15, 0.2) is 16.7 Å². The number of nitrogens with zero attached hydrogens (tertiary/aromatic N) is 5. The molecular weight excluding hydrogens is 487 g/mol. The van der Waals surface area contributed by atoms with Gasteiger partial charge in [0.05, 0.1) is 17.2 Å². The lowest BCUT2D eigenvalue weighted by Gasteiger charge is -2.36. The third-order valence-electron chi connectivity index (χ3n) is 6.04. The summed E-state index contributed by atoms with van der Waals surface area (Å²) in [5.41, 5.74) is 1.53. The summed E-state index contributed by atoms with van der Waals surface area (Å²) in [4.78, 5) is 39.7. The zero-order valence-corrected chi connectivity index (χ0v) is 21.0. The number of carbonyl (C=O) groups is 2. The number of piperidine rings is 1. The van der Waals surface area contributed by atoms with Gasteiger partial charge in [-0.2, -0.15) is 5.10 Å².